The van der Waals surface area contributed by atoms with Gasteiger partial charge in [-0.3, -0.25) is 0 Å². The summed E-state index contributed by atoms with van der Waals surface area (Å²) in [5.74, 6) is 0. The molecule has 0 aliphatic heterocycles. The van der Waals surface area contributed by atoms with Crippen LogP contribution in [0.25, 0.3) is 0 Å². The second-order valence-electron chi connectivity index (χ2n) is 3.76. The van der Waals surface area contributed by atoms with Crippen molar-refractivity contribution in [3.63, 3.8) is 0 Å². The highest BCUT2D eigenvalue weighted by Gasteiger charge is 1.93. The van der Waals surface area contributed by atoms with E-state index in [-0.39, 0.29) is 0 Å². The molecule has 96 valence electrons. The Labute approximate surface area is 112 Å². The maximum Gasteiger partial charge on any atom is 0.0591 e. The van der Waals surface area contributed by atoms with Gasteiger partial charge in [0.1, 0.15) is 0 Å². The van der Waals surface area contributed by atoms with E-state index >= 15 is 0 Å². The molecule has 1 aromatic rings. The van der Waals surface area contributed by atoms with Crippen molar-refractivity contribution in [1.82, 2.24) is 5.32 Å². The minimum atomic E-state index is 0.750. The highest BCUT2D eigenvalue weighted by molar-refractivity contribution is 9.10. The molecular formula is C13H20BrNO2. The molecule has 0 atom stereocenters. The Kier molecular flexibility index (Phi) is 8.26. The molecular weight excluding hydrogens is 282 g/mol. The van der Waals surface area contributed by atoms with E-state index in [4.69, 9.17) is 9.47 Å². The average Bonchev–Trinajstić information content (AvgIpc) is 2.35. The summed E-state index contributed by atoms with van der Waals surface area (Å²) < 4.78 is 11.5. The molecule has 0 aliphatic carbocycles. The fourth-order valence-corrected chi connectivity index (χ4v) is 1.65. The first-order valence-electron chi connectivity index (χ1n) is 5.85. The van der Waals surface area contributed by atoms with Crippen molar-refractivity contribution in [2.45, 2.75) is 13.0 Å². The van der Waals surface area contributed by atoms with Crippen LogP contribution in [-0.4, -0.2) is 33.5 Å². The van der Waals surface area contributed by atoms with Gasteiger partial charge in [-0.15, -0.1) is 0 Å². The molecule has 0 heterocycles. The highest BCUT2D eigenvalue weighted by atomic mass is 79.9. The molecule has 0 fully saturated rings. The first-order chi connectivity index (χ1) is 8.33. The van der Waals surface area contributed by atoms with E-state index in [1.54, 1.807) is 7.11 Å². The molecule has 17 heavy (non-hydrogen) atoms. The maximum atomic E-state index is 5.44. The van der Waals surface area contributed by atoms with Gasteiger partial charge in [0.15, 0.2) is 0 Å². The standard InChI is InChI=1S/C13H20BrNO2/c1-16-8-2-9-17-10-7-15-11-12-3-5-13(14)6-4-12/h3-6,15H,2,7-11H2,1H3. The van der Waals surface area contributed by atoms with Crippen molar-refractivity contribution in [2.75, 3.05) is 33.5 Å². The number of ether oxygens (including phenoxy) is 2. The Balaban J connectivity index is 1.95. The second kappa shape index (κ2) is 9.59. The van der Waals surface area contributed by atoms with E-state index in [2.05, 4.69) is 45.5 Å². The summed E-state index contributed by atoms with van der Waals surface area (Å²) in [7, 11) is 1.71. The third-order valence-electron chi connectivity index (χ3n) is 2.30. The Bertz CT molecular complexity index is 290. The summed E-state index contributed by atoms with van der Waals surface area (Å²) in [5, 5.41) is 3.34. The van der Waals surface area contributed by atoms with Crippen LogP contribution in [0, 0.1) is 0 Å². The lowest BCUT2D eigenvalue weighted by atomic mass is 10.2. The molecule has 0 radical (unpaired) electrons. The van der Waals surface area contributed by atoms with Gasteiger partial charge >= 0.3 is 0 Å². The molecule has 0 amide bonds. The number of halogens is 1. The lowest BCUT2D eigenvalue weighted by molar-refractivity contribution is 0.104. The fraction of sp³-hybridized carbons (Fsp3) is 0.538. The van der Waals surface area contributed by atoms with Crippen molar-refractivity contribution in [1.29, 1.82) is 0 Å². The predicted molar refractivity (Wildman–Crippen MR) is 73.2 cm³/mol. The first kappa shape index (κ1) is 14.6. The maximum absolute atomic E-state index is 5.44. The number of hydrogen-bond acceptors (Lipinski definition) is 3. The third kappa shape index (κ3) is 7.49. The van der Waals surface area contributed by atoms with Crippen LogP contribution < -0.4 is 5.32 Å². The fourth-order valence-electron chi connectivity index (χ4n) is 1.39. The average molecular weight is 302 g/mol. The van der Waals surface area contributed by atoms with E-state index in [1.165, 1.54) is 5.56 Å². The van der Waals surface area contributed by atoms with Gasteiger partial charge in [0.05, 0.1) is 6.61 Å². The van der Waals surface area contributed by atoms with Crippen molar-refractivity contribution < 1.29 is 9.47 Å². The van der Waals surface area contributed by atoms with Crippen molar-refractivity contribution in [2.24, 2.45) is 0 Å². The monoisotopic (exact) mass is 301 g/mol. The number of hydrogen-bond donors (Lipinski definition) is 1. The van der Waals surface area contributed by atoms with Gasteiger partial charge in [0, 0.05) is 37.9 Å². The number of nitrogens with one attached hydrogen (secondary N) is 1. The van der Waals surface area contributed by atoms with Crippen LogP contribution in [0.3, 0.4) is 0 Å². The van der Waals surface area contributed by atoms with Crippen molar-refractivity contribution in [3.8, 4) is 0 Å². The number of benzene rings is 1. The topological polar surface area (TPSA) is 30.5 Å². The molecule has 0 aromatic heterocycles. The summed E-state index contributed by atoms with van der Waals surface area (Å²) in [4.78, 5) is 0. The zero-order chi connectivity index (χ0) is 12.3. The molecule has 0 bridgehead atoms. The van der Waals surface area contributed by atoms with Gasteiger partial charge in [0.25, 0.3) is 0 Å². The van der Waals surface area contributed by atoms with Gasteiger partial charge in [-0.05, 0) is 24.1 Å². The third-order valence-corrected chi connectivity index (χ3v) is 2.83. The normalized spacial score (nSPS) is 10.7. The summed E-state index contributed by atoms with van der Waals surface area (Å²) in [5.41, 5.74) is 1.28. The SMILES string of the molecule is COCCCOCCNCc1ccc(Br)cc1. The van der Waals surface area contributed by atoms with Gasteiger partial charge in [-0.2, -0.15) is 0 Å². The minimum absolute atomic E-state index is 0.750. The van der Waals surface area contributed by atoms with Crippen molar-refractivity contribution in [3.05, 3.63) is 34.3 Å². The van der Waals surface area contributed by atoms with Gasteiger partial charge in [-0.25, -0.2) is 0 Å². The summed E-state index contributed by atoms with van der Waals surface area (Å²) >= 11 is 3.42. The smallest absolute Gasteiger partial charge is 0.0591 e. The molecule has 1 aromatic carbocycles. The largest absolute Gasteiger partial charge is 0.385 e. The second-order valence-corrected chi connectivity index (χ2v) is 4.68. The van der Waals surface area contributed by atoms with E-state index in [0.717, 1.165) is 43.8 Å². The van der Waals surface area contributed by atoms with Crippen LogP contribution in [0.4, 0.5) is 0 Å². The summed E-state index contributed by atoms with van der Waals surface area (Å²) in [6, 6.07) is 8.32. The Hall–Kier alpha value is -0.420. The van der Waals surface area contributed by atoms with Gasteiger partial charge in [-0.1, -0.05) is 28.1 Å². The zero-order valence-corrected chi connectivity index (χ0v) is 11.8. The van der Waals surface area contributed by atoms with Crippen LogP contribution in [0.1, 0.15) is 12.0 Å². The van der Waals surface area contributed by atoms with E-state index < -0.39 is 0 Å². The number of methoxy groups -OCH3 is 1. The van der Waals surface area contributed by atoms with Crippen LogP contribution in [0.15, 0.2) is 28.7 Å². The molecule has 4 heteroatoms. The van der Waals surface area contributed by atoms with Crippen LogP contribution >= 0.6 is 15.9 Å². The predicted octanol–water partition coefficient (Wildman–Crippen LogP) is 2.59. The van der Waals surface area contributed by atoms with Crippen molar-refractivity contribution >= 4 is 15.9 Å². The Morgan fingerprint density at radius 2 is 1.88 bits per heavy atom. The molecule has 3 nitrogen and oxygen atoms in total. The molecule has 1 rings (SSSR count). The number of rotatable bonds is 9. The minimum Gasteiger partial charge on any atom is -0.385 e. The zero-order valence-electron chi connectivity index (χ0n) is 10.2. The van der Waals surface area contributed by atoms with Gasteiger partial charge < -0.3 is 14.8 Å². The van der Waals surface area contributed by atoms with Crippen LogP contribution in [0.5, 0.6) is 0 Å². The molecule has 0 spiro atoms. The molecule has 0 unspecified atom stereocenters. The highest BCUT2D eigenvalue weighted by Crippen LogP contribution is 2.09. The van der Waals surface area contributed by atoms with Gasteiger partial charge in [0.2, 0.25) is 0 Å². The van der Waals surface area contributed by atoms with E-state index in [1.807, 2.05) is 0 Å². The quantitative estimate of drug-likeness (QED) is 0.711. The lowest BCUT2D eigenvalue weighted by Crippen LogP contribution is -2.19. The van der Waals surface area contributed by atoms with E-state index in [0.29, 0.717) is 0 Å². The van der Waals surface area contributed by atoms with E-state index in [9.17, 15) is 0 Å². The molecule has 0 aliphatic rings. The summed E-state index contributed by atoms with van der Waals surface area (Å²) in [6.07, 6.45) is 0.962. The lowest BCUT2D eigenvalue weighted by Gasteiger charge is -2.06. The Morgan fingerprint density at radius 3 is 2.59 bits per heavy atom. The van der Waals surface area contributed by atoms with Crippen LogP contribution in [-0.2, 0) is 16.0 Å². The molecule has 0 saturated heterocycles. The first-order valence-corrected chi connectivity index (χ1v) is 6.64. The molecule has 1 N–H and O–H groups in total. The van der Waals surface area contributed by atoms with Crippen LogP contribution in [0.2, 0.25) is 0 Å². The summed E-state index contributed by atoms with van der Waals surface area (Å²) in [6.45, 7) is 4.05. The Morgan fingerprint density at radius 1 is 1.12 bits per heavy atom. The molecule has 0 saturated carbocycles.